The molecule has 3 aliphatic rings. The Kier molecular flexibility index (Phi) is 6.27. The molecule has 0 saturated carbocycles. The van der Waals surface area contributed by atoms with Gasteiger partial charge < -0.3 is 14.2 Å². The van der Waals surface area contributed by atoms with Crippen LogP contribution in [0.5, 0.6) is 0 Å². The number of rotatable bonds is 3. The highest BCUT2D eigenvalue weighted by atomic mass is 19.4. The predicted molar refractivity (Wildman–Crippen MR) is 109 cm³/mol. The number of carbonyl (C=O) groups excluding carboxylic acids is 2. The molecule has 0 N–H and O–H groups in total. The quantitative estimate of drug-likeness (QED) is 0.175. The van der Waals surface area contributed by atoms with Gasteiger partial charge >= 0.3 is 24.3 Å². The third kappa shape index (κ3) is 5.10. The number of fused-ring (bicyclic) bond motifs is 3. The molecule has 2 aliphatic heterocycles. The second-order valence-corrected chi connectivity index (χ2v) is 9.12. The Morgan fingerprint density at radius 1 is 1.20 bits per heavy atom. The van der Waals surface area contributed by atoms with Crippen LogP contribution in [0.1, 0.15) is 54.1 Å². The number of hydrogen-bond acceptors (Lipinski definition) is 5. The molecule has 35 heavy (non-hydrogen) atoms. The van der Waals surface area contributed by atoms with E-state index in [-0.39, 0.29) is 24.7 Å². The number of hydrogen-bond donors (Lipinski definition) is 0. The van der Waals surface area contributed by atoms with E-state index < -0.39 is 52.7 Å². The van der Waals surface area contributed by atoms with Crippen LogP contribution in [0.3, 0.4) is 0 Å². The molecular formula is C24H22F6O5. The van der Waals surface area contributed by atoms with Gasteiger partial charge in [0.15, 0.2) is 0 Å². The first-order chi connectivity index (χ1) is 16.2. The van der Waals surface area contributed by atoms with E-state index in [0.29, 0.717) is 49.0 Å². The van der Waals surface area contributed by atoms with Crippen LogP contribution in [0.2, 0.25) is 0 Å². The van der Waals surface area contributed by atoms with Gasteiger partial charge in [0, 0.05) is 11.5 Å². The van der Waals surface area contributed by atoms with Crippen LogP contribution in [0.4, 0.5) is 26.3 Å². The maximum atomic E-state index is 13.4. The van der Waals surface area contributed by atoms with Crippen molar-refractivity contribution < 1.29 is 50.1 Å². The van der Waals surface area contributed by atoms with Gasteiger partial charge in [-0.15, -0.1) is 0 Å². The molecule has 2 heterocycles. The van der Waals surface area contributed by atoms with Crippen molar-refractivity contribution in [3.8, 4) is 0 Å². The number of esters is 2. The van der Waals surface area contributed by atoms with Crippen LogP contribution >= 0.6 is 0 Å². The van der Waals surface area contributed by atoms with E-state index in [0.717, 1.165) is 0 Å². The summed E-state index contributed by atoms with van der Waals surface area (Å²) in [5.74, 6) is -2.21. The lowest BCUT2D eigenvalue weighted by Crippen LogP contribution is -2.29. The van der Waals surface area contributed by atoms with E-state index in [9.17, 15) is 35.9 Å². The molecule has 0 radical (unpaired) electrons. The first-order valence-corrected chi connectivity index (χ1v) is 10.9. The van der Waals surface area contributed by atoms with Crippen molar-refractivity contribution in [1.82, 2.24) is 0 Å². The molecule has 5 nitrogen and oxygen atoms in total. The molecule has 4 atom stereocenters. The molecule has 0 bridgehead atoms. The fourth-order valence-electron chi connectivity index (χ4n) is 4.62. The molecule has 11 heteroatoms. The number of halogens is 6. The lowest BCUT2D eigenvalue weighted by molar-refractivity contribution is -0.143. The minimum atomic E-state index is -5.19. The van der Waals surface area contributed by atoms with Crippen LogP contribution in [0.15, 0.2) is 42.0 Å². The molecule has 0 spiro atoms. The van der Waals surface area contributed by atoms with Crippen molar-refractivity contribution in [3.63, 3.8) is 0 Å². The van der Waals surface area contributed by atoms with Gasteiger partial charge in [-0.2, -0.15) is 26.3 Å². The Labute approximate surface area is 196 Å². The molecule has 2 fully saturated rings. The second kappa shape index (κ2) is 8.69. The predicted octanol–water partition coefficient (Wildman–Crippen LogP) is 5.64. The van der Waals surface area contributed by atoms with Crippen molar-refractivity contribution in [1.29, 1.82) is 0 Å². The maximum absolute atomic E-state index is 13.4. The third-order valence-corrected chi connectivity index (χ3v) is 6.70. The fraction of sp³-hybridized carbons (Fsp3) is 0.500. The maximum Gasteiger partial charge on any atom is 0.417 e. The van der Waals surface area contributed by atoms with E-state index in [1.54, 1.807) is 6.08 Å². The Balaban J connectivity index is 1.50. The van der Waals surface area contributed by atoms with Crippen molar-refractivity contribution >= 4 is 11.9 Å². The highest BCUT2D eigenvalue weighted by Gasteiger charge is 2.61. The highest BCUT2D eigenvalue weighted by molar-refractivity contribution is 5.92. The van der Waals surface area contributed by atoms with Crippen molar-refractivity contribution in [2.75, 3.05) is 6.61 Å². The van der Waals surface area contributed by atoms with E-state index in [1.807, 2.05) is 6.92 Å². The Bertz CT molecular complexity index is 1090. The smallest absolute Gasteiger partial charge is 0.417 e. The second-order valence-electron chi connectivity index (χ2n) is 9.12. The normalized spacial score (nSPS) is 30.5. The van der Waals surface area contributed by atoms with Crippen LogP contribution in [-0.2, 0) is 31.4 Å². The highest BCUT2D eigenvalue weighted by Crippen LogP contribution is 2.49. The summed E-state index contributed by atoms with van der Waals surface area (Å²) in [4.78, 5) is 24.5. The lowest BCUT2D eigenvalue weighted by atomic mass is 9.84. The summed E-state index contributed by atoms with van der Waals surface area (Å²) in [7, 11) is 0. The molecule has 2 saturated heterocycles. The van der Waals surface area contributed by atoms with Crippen LogP contribution in [0.25, 0.3) is 0 Å². The van der Waals surface area contributed by atoms with Crippen LogP contribution in [-0.4, -0.2) is 36.4 Å². The SMILES string of the molecule is C=C1C(=O)O[C@@H]2[C@H]3O[C@]3(C)CC/C=C(/COC(=O)c3ccc(C(F)(F)F)cc3C(F)(F)F)CC[C@@H]12. The van der Waals surface area contributed by atoms with Crippen molar-refractivity contribution in [3.05, 3.63) is 58.7 Å². The molecule has 190 valence electrons. The molecule has 0 amide bonds. The molecule has 1 aromatic carbocycles. The number of benzene rings is 1. The van der Waals surface area contributed by atoms with E-state index in [4.69, 9.17) is 14.2 Å². The lowest BCUT2D eigenvalue weighted by Gasteiger charge is -2.20. The van der Waals surface area contributed by atoms with Gasteiger partial charge in [0.05, 0.1) is 22.3 Å². The zero-order chi connectivity index (χ0) is 25.8. The average Bonchev–Trinajstić information content (AvgIpc) is 3.35. The fourth-order valence-corrected chi connectivity index (χ4v) is 4.62. The van der Waals surface area contributed by atoms with Gasteiger partial charge in [-0.3, -0.25) is 0 Å². The van der Waals surface area contributed by atoms with Crippen LogP contribution in [0, 0.1) is 5.92 Å². The average molecular weight is 504 g/mol. The molecule has 4 rings (SSSR count). The summed E-state index contributed by atoms with van der Waals surface area (Å²) in [6, 6.07) is 0.774. The molecule has 1 aromatic rings. The van der Waals surface area contributed by atoms with Gasteiger partial charge in [-0.25, -0.2) is 9.59 Å². The van der Waals surface area contributed by atoms with Gasteiger partial charge in [-0.1, -0.05) is 12.7 Å². The molecule has 0 unspecified atom stereocenters. The number of ether oxygens (including phenoxy) is 3. The molecule has 1 aliphatic carbocycles. The summed E-state index contributed by atoms with van der Waals surface area (Å²) < 4.78 is 95.1. The number of carbonyl (C=O) groups is 2. The third-order valence-electron chi connectivity index (χ3n) is 6.70. The van der Waals surface area contributed by atoms with Gasteiger partial charge in [0.1, 0.15) is 18.8 Å². The largest absolute Gasteiger partial charge is 0.458 e. The minimum Gasteiger partial charge on any atom is -0.458 e. The summed E-state index contributed by atoms with van der Waals surface area (Å²) in [6.45, 7) is 5.34. The first kappa shape index (κ1) is 25.3. The summed E-state index contributed by atoms with van der Waals surface area (Å²) in [5, 5.41) is 0. The Morgan fingerprint density at radius 3 is 2.57 bits per heavy atom. The Hall–Kier alpha value is -2.82. The number of allylic oxidation sites excluding steroid dienone is 1. The summed E-state index contributed by atoms with van der Waals surface area (Å²) in [5.41, 5.74) is -3.82. The van der Waals surface area contributed by atoms with E-state index >= 15 is 0 Å². The Morgan fingerprint density at radius 2 is 1.91 bits per heavy atom. The van der Waals surface area contributed by atoms with Gasteiger partial charge in [0.2, 0.25) is 0 Å². The molecule has 0 aromatic heterocycles. The number of epoxide rings is 1. The number of alkyl halides is 6. The van der Waals surface area contributed by atoms with Crippen molar-refractivity contribution in [2.24, 2.45) is 5.92 Å². The van der Waals surface area contributed by atoms with E-state index in [1.165, 1.54) is 0 Å². The summed E-state index contributed by atoms with van der Waals surface area (Å²) >= 11 is 0. The first-order valence-electron chi connectivity index (χ1n) is 10.9. The van der Waals surface area contributed by atoms with Crippen molar-refractivity contribution in [2.45, 2.75) is 62.8 Å². The van der Waals surface area contributed by atoms with Gasteiger partial charge in [-0.05, 0) is 56.4 Å². The zero-order valence-corrected chi connectivity index (χ0v) is 18.6. The van der Waals surface area contributed by atoms with E-state index in [2.05, 4.69) is 6.58 Å². The molecular weight excluding hydrogens is 482 g/mol. The zero-order valence-electron chi connectivity index (χ0n) is 18.6. The minimum absolute atomic E-state index is 0.102. The van der Waals surface area contributed by atoms with Gasteiger partial charge in [0.25, 0.3) is 0 Å². The monoisotopic (exact) mass is 504 g/mol. The summed E-state index contributed by atoms with van der Waals surface area (Å²) in [6.07, 6.45) is -7.24. The standard InChI is InChI=1S/C24H22F6O5/c1-12-15-7-5-13(4-3-9-22(2)19(35-22)18(15)34-20(12)31)11-33-21(32)16-8-6-14(23(25,26)27)10-17(16)24(28,29)30/h4,6,8,10,15,18-19H,1,3,5,7,9,11H2,2H3/b13-4+/t15-,18-,19+,22+/m0/s1. The topological polar surface area (TPSA) is 65.1 Å². The van der Waals surface area contributed by atoms with Crippen LogP contribution < -0.4 is 0 Å².